The average Bonchev–Trinajstić information content (AvgIpc) is 2.89. The van der Waals surface area contributed by atoms with Gasteiger partial charge in [-0.2, -0.15) is 0 Å². The maximum absolute atomic E-state index is 12.1. The van der Waals surface area contributed by atoms with E-state index in [0.29, 0.717) is 5.92 Å². The molecular formula is C14H22N2O2S. The molecule has 1 aliphatic heterocycles. The summed E-state index contributed by atoms with van der Waals surface area (Å²) in [5.74, 6) is 0.171. The van der Waals surface area contributed by atoms with Crippen molar-refractivity contribution in [3.63, 3.8) is 0 Å². The number of ether oxygens (including phenoxy) is 1. The van der Waals surface area contributed by atoms with Crippen LogP contribution in [0.25, 0.3) is 0 Å². The number of nitrogens with zero attached hydrogens (tertiary/aromatic N) is 1. The number of thiazole rings is 1. The fourth-order valence-electron chi connectivity index (χ4n) is 2.15. The van der Waals surface area contributed by atoms with Crippen molar-refractivity contribution in [3.8, 4) is 0 Å². The second kappa shape index (κ2) is 6.01. The summed E-state index contributed by atoms with van der Waals surface area (Å²) >= 11 is 1.56. The van der Waals surface area contributed by atoms with E-state index in [1.54, 1.807) is 17.5 Å². The van der Waals surface area contributed by atoms with E-state index in [0.717, 1.165) is 30.9 Å². The number of carbonyl (C=O) groups excluding carboxylic acids is 1. The third-order valence-corrected chi connectivity index (χ3v) is 4.14. The van der Waals surface area contributed by atoms with Crippen molar-refractivity contribution in [2.75, 3.05) is 13.1 Å². The van der Waals surface area contributed by atoms with E-state index in [4.69, 9.17) is 4.74 Å². The molecule has 0 aliphatic carbocycles. The lowest BCUT2D eigenvalue weighted by Crippen LogP contribution is -2.36. The lowest BCUT2D eigenvalue weighted by Gasteiger charge is -2.31. The highest BCUT2D eigenvalue weighted by molar-refractivity contribution is 7.09. The highest BCUT2D eigenvalue weighted by atomic mass is 32.1. The SMILES string of the molecule is CC(C)(C)C(=O)OC(c1nccs1)[C@H]1CCCNC1. The Morgan fingerprint density at radius 1 is 1.58 bits per heavy atom. The van der Waals surface area contributed by atoms with Crippen LogP contribution in [0.1, 0.15) is 44.7 Å². The number of nitrogens with one attached hydrogen (secondary N) is 1. The van der Waals surface area contributed by atoms with Gasteiger partial charge in [0.25, 0.3) is 0 Å². The Hall–Kier alpha value is -0.940. The zero-order chi connectivity index (χ0) is 13.9. The van der Waals surface area contributed by atoms with Gasteiger partial charge in [0.05, 0.1) is 5.41 Å². The van der Waals surface area contributed by atoms with Gasteiger partial charge < -0.3 is 10.1 Å². The van der Waals surface area contributed by atoms with Crippen LogP contribution in [0, 0.1) is 11.3 Å². The van der Waals surface area contributed by atoms with Crippen LogP contribution in [0.4, 0.5) is 0 Å². The van der Waals surface area contributed by atoms with Gasteiger partial charge in [-0.15, -0.1) is 11.3 Å². The van der Waals surface area contributed by atoms with Crippen molar-refractivity contribution in [1.29, 1.82) is 0 Å². The molecule has 2 atom stereocenters. The van der Waals surface area contributed by atoms with Crippen molar-refractivity contribution in [3.05, 3.63) is 16.6 Å². The van der Waals surface area contributed by atoms with Crippen LogP contribution in [0.15, 0.2) is 11.6 Å². The Balaban J connectivity index is 2.13. The van der Waals surface area contributed by atoms with Crippen molar-refractivity contribution < 1.29 is 9.53 Å². The van der Waals surface area contributed by atoms with Gasteiger partial charge in [-0.3, -0.25) is 4.79 Å². The Bertz CT molecular complexity index is 406. The van der Waals surface area contributed by atoms with E-state index in [-0.39, 0.29) is 12.1 Å². The Morgan fingerprint density at radius 3 is 2.89 bits per heavy atom. The first-order chi connectivity index (χ1) is 8.98. The van der Waals surface area contributed by atoms with Crippen LogP contribution in [0.5, 0.6) is 0 Å². The molecule has 2 heterocycles. The molecule has 5 heteroatoms. The summed E-state index contributed by atoms with van der Waals surface area (Å²) in [7, 11) is 0. The third kappa shape index (κ3) is 3.76. The Kier molecular flexibility index (Phi) is 4.58. The minimum absolute atomic E-state index is 0.154. The summed E-state index contributed by atoms with van der Waals surface area (Å²) in [5, 5.41) is 6.22. The zero-order valence-electron chi connectivity index (χ0n) is 11.8. The van der Waals surface area contributed by atoms with Gasteiger partial charge in [0.1, 0.15) is 5.01 Å². The number of piperidine rings is 1. The zero-order valence-corrected chi connectivity index (χ0v) is 12.6. The summed E-state index contributed by atoms with van der Waals surface area (Å²) in [4.78, 5) is 16.5. The molecule has 0 spiro atoms. The van der Waals surface area contributed by atoms with Crippen molar-refractivity contribution in [1.82, 2.24) is 10.3 Å². The standard InChI is InChI=1S/C14H22N2O2S/c1-14(2,3)13(17)18-11(12-16-7-8-19-12)10-5-4-6-15-9-10/h7-8,10-11,15H,4-6,9H2,1-3H3/t10-,11?/m0/s1. The van der Waals surface area contributed by atoms with E-state index >= 15 is 0 Å². The molecule has 0 amide bonds. The molecule has 0 aromatic carbocycles. The number of aromatic nitrogens is 1. The highest BCUT2D eigenvalue weighted by Gasteiger charge is 2.33. The number of rotatable bonds is 3. The summed E-state index contributed by atoms with van der Waals surface area (Å²) in [6.07, 6.45) is 3.77. The van der Waals surface area contributed by atoms with Crippen molar-refractivity contribution in [2.45, 2.75) is 39.7 Å². The second-order valence-corrected chi connectivity index (χ2v) is 6.98. The molecule has 1 N–H and O–H groups in total. The Labute approximate surface area is 118 Å². The third-order valence-electron chi connectivity index (χ3n) is 3.30. The summed E-state index contributed by atoms with van der Waals surface area (Å²) in [5.41, 5.74) is -0.475. The number of hydrogen-bond acceptors (Lipinski definition) is 5. The first kappa shape index (κ1) is 14.5. The quantitative estimate of drug-likeness (QED) is 0.866. The molecule has 2 rings (SSSR count). The van der Waals surface area contributed by atoms with Crippen molar-refractivity contribution in [2.24, 2.45) is 11.3 Å². The molecular weight excluding hydrogens is 260 g/mol. The molecule has 1 saturated heterocycles. The van der Waals surface area contributed by atoms with Gasteiger partial charge in [-0.05, 0) is 40.2 Å². The molecule has 0 saturated carbocycles. The van der Waals surface area contributed by atoms with E-state index < -0.39 is 5.41 Å². The first-order valence-corrected chi connectivity index (χ1v) is 7.67. The average molecular weight is 282 g/mol. The highest BCUT2D eigenvalue weighted by Crippen LogP contribution is 2.34. The summed E-state index contributed by atoms with van der Waals surface area (Å²) < 4.78 is 5.77. The molecule has 0 bridgehead atoms. The van der Waals surface area contributed by atoms with Crippen LogP contribution >= 0.6 is 11.3 Å². The van der Waals surface area contributed by atoms with E-state index in [1.807, 2.05) is 26.2 Å². The van der Waals surface area contributed by atoms with Crippen LogP contribution in [0.2, 0.25) is 0 Å². The number of hydrogen-bond donors (Lipinski definition) is 1. The second-order valence-electron chi connectivity index (χ2n) is 6.05. The molecule has 1 fully saturated rings. The van der Waals surface area contributed by atoms with Gasteiger partial charge in [-0.25, -0.2) is 4.98 Å². The molecule has 106 valence electrons. The van der Waals surface area contributed by atoms with E-state index in [1.165, 1.54) is 0 Å². The maximum Gasteiger partial charge on any atom is 0.311 e. The topological polar surface area (TPSA) is 51.2 Å². The summed E-state index contributed by atoms with van der Waals surface area (Å²) in [6, 6.07) is 0. The first-order valence-electron chi connectivity index (χ1n) is 6.79. The summed E-state index contributed by atoms with van der Waals surface area (Å²) in [6.45, 7) is 7.59. The normalized spacial score (nSPS) is 21.9. The molecule has 19 heavy (non-hydrogen) atoms. The fraction of sp³-hybridized carbons (Fsp3) is 0.714. The lowest BCUT2D eigenvalue weighted by atomic mass is 9.92. The molecule has 1 aromatic heterocycles. The van der Waals surface area contributed by atoms with Gasteiger partial charge >= 0.3 is 5.97 Å². The van der Waals surface area contributed by atoms with Gasteiger partial charge in [0.15, 0.2) is 6.10 Å². The van der Waals surface area contributed by atoms with Gasteiger partial charge in [0, 0.05) is 24.0 Å². The number of carbonyl (C=O) groups is 1. The van der Waals surface area contributed by atoms with E-state index in [9.17, 15) is 4.79 Å². The van der Waals surface area contributed by atoms with Gasteiger partial charge in [0.2, 0.25) is 0 Å². The smallest absolute Gasteiger partial charge is 0.311 e. The number of esters is 1. The van der Waals surface area contributed by atoms with Crippen LogP contribution < -0.4 is 5.32 Å². The molecule has 1 aromatic rings. The lowest BCUT2D eigenvalue weighted by molar-refractivity contribution is -0.162. The van der Waals surface area contributed by atoms with E-state index in [2.05, 4.69) is 10.3 Å². The minimum atomic E-state index is -0.475. The Morgan fingerprint density at radius 2 is 2.37 bits per heavy atom. The van der Waals surface area contributed by atoms with Crippen LogP contribution in [0.3, 0.4) is 0 Å². The molecule has 1 unspecified atom stereocenters. The largest absolute Gasteiger partial charge is 0.454 e. The predicted octanol–water partition coefficient (Wildman–Crippen LogP) is 2.77. The maximum atomic E-state index is 12.1. The van der Waals surface area contributed by atoms with Gasteiger partial charge in [-0.1, -0.05) is 0 Å². The predicted molar refractivity (Wildman–Crippen MR) is 76.0 cm³/mol. The minimum Gasteiger partial charge on any atom is -0.454 e. The van der Waals surface area contributed by atoms with Crippen LogP contribution in [-0.2, 0) is 9.53 Å². The molecule has 0 radical (unpaired) electrons. The molecule has 1 aliphatic rings. The van der Waals surface area contributed by atoms with Crippen molar-refractivity contribution >= 4 is 17.3 Å². The fourth-order valence-corrected chi connectivity index (χ4v) is 2.91. The monoisotopic (exact) mass is 282 g/mol. The molecule has 4 nitrogen and oxygen atoms in total. The van der Waals surface area contributed by atoms with Crippen LogP contribution in [-0.4, -0.2) is 24.0 Å².